The quantitative estimate of drug-likeness (QED) is 0.795. The maximum absolute atomic E-state index is 5.55. The molecule has 86 valence electrons. The van der Waals surface area contributed by atoms with Crippen molar-refractivity contribution in [2.75, 3.05) is 0 Å². The van der Waals surface area contributed by atoms with Crippen LogP contribution in [0.3, 0.4) is 0 Å². The Morgan fingerprint density at radius 2 is 2.12 bits per heavy atom. The average Bonchev–Trinajstić information content (AvgIpc) is 2.72. The summed E-state index contributed by atoms with van der Waals surface area (Å²) in [5.74, 6) is 2.67. The summed E-state index contributed by atoms with van der Waals surface area (Å²) in [7, 11) is 0. The Balaban J connectivity index is 2.40. The second kappa shape index (κ2) is 4.08. The maximum atomic E-state index is 5.55. The Labute approximate surface area is 94.5 Å². The second-order valence-electron chi connectivity index (χ2n) is 4.35. The van der Waals surface area contributed by atoms with E-state index in [0.717, 1.165) is 23.8 Å². The molecule has 0 N–H and O–H groups in total. The minimum atomic E-state index is 0.541. The number of oxazole rings is 1. The summed E-state index contributed by atoms with van der Waals surface area (Å²) in [6.07, 6.45) is 1.73. The monoisotopic (exact) mass is 220 g/mol. The number of rotatable bonds is 3. The highest BCUT2D eigenvalue weighted by Crippen LogP contribution is 2.22. The van der Waals surface area contributed by atoms with Crippen LogP contribution in [0.25, 0.3) is 11.6 Å². The van der Waals surface area contributed by atoms with Crippen LogP contribution in [0.1, 0.15) is 25.4 Å². The molecule has 5 heteroatoms. The van der Waals surface area contributed by atoms with E-state index in [1.807, 2.05) is 18.4 Å². The summed E-state index contributed by atoms with van der Waals surface area (Å²) >= 11 is 0. The molecule has 0 unspecified atom stereocenters. The zero-order chi connectivity index (χ0) is 11.7. The lowest BCUT2D eigenvalue weighted by atomic mass is 10.2. The SMILES string of the molecule is Cc1nc(C)c(-c2nncn2CC(C)C)o1. The first-order chi connectivity index (χ1) is 7.58. The van der Waals surface area contributed by atoms with Gasteiger partial charge in [-0.1, -0.05) is 13.8 Å². The van der Waals surface area contributed by atoms with E-state index in [4.69, 9.17) is 4.42 Å². The third-order valence-electron chi connectivity index (χ3n) is 2.28. The van der Waals surface area contributed by atoms with Gasteiger partial charge >= 0.3 is 0 Å². The summed E-state index contributed by atoms with van der Waals surface area (Å²) < 4.78 is 7.54. The summed E-state index contributed by atoms with van der Waals surface area (Å²) in [4.78, 5) is 4.24. The minimum absolute atomic E-state index is 0.541. The van der Waals surface area contributed by atoms with Gasteiger partial charge < -0.3 is 8.98 Å². The smallest absolute Gasteiger partial charge is 0.201 e. The van der Waals surface area contributed by atoms with E-state index >= 15 is 0 Å². The van der Waals surface area contributed by atoms with E-state index < -0.39 is 0 Å². The van der Waals surface area contributed by atoms with Crippen molar-refractivity contribution >= 4 is 0 Å². The first kappa shape index (κ1) is 10.9. The Hall–Kier alpha value is -1.65. The van der Waals surface area contributed by atoms with E-state index in [0.29, 0.717) is 11.8 Å². The molecule has 2 rings (SSSR count). The van der Waals surface area contributed by atoms with Crippen LogP contribution >= 0.6 is 0 Å². The van der Waals surface area contributed by atoms with Gasteiger partial charge in [0.25, 0.3) is 0 Å². The van der Waals surface area contributed by atoms with Crippen molar-refractivity contribution in [1.29, 1.82) is 0 Å². The molecule has 0 saturated carbocycles. The lowest BCUT2D eigenvalue weighted by molar-refractivity contribution is 0.501. The number of hydrogen-bond donors (Lipinski definition) is 0. The molecule has 0 atom stereocenters. The van der Waals surface area contributed by atoms with E-state index in [1.165, 1.54) is 0 Å². The van der Waals surface area contributed by atoms with Gasteiger partial charge in [-0.3, -0.25) is 0 Å². The lowest BCUT2D eigenvalue weighted by Gasteiger charge is -2.07. The zero-order valence-corrected chi connectivity index (χ0v) is 10.1. The highest BCUT2D eigenvalue weighted by molar-refractivity contribution is 5.49. The second-order valence-corrected chi connectivity index (χ2v) is 4.35. The molecule has 0 fully saturated rings. The molecule has 0 aliphatic heterocycles. The Bertz CT molecular complexity index is 484. The molecule has 0 aliphatic rings. The zero-order valence-electron chi connectivity index (χ0n) is 10.1. The molecule has 0 radical (unpaired) electrons. The van der Waals surface area contributed by atoms with Crippen LogP contribution in [0, 0.1) is 19.8 Å². The number of aromatic nitrogens is 4. The number of hydrogen-bond acceptors (Lipinski definition) is 4. The highest BCUT2D eigenvalue weighted by Gasteiger charge is 2.16. The molecule has 0 saturated heterocycles. The highest BCUT2D eigenvalue weighted by atomic mass is 16.4. The Morgan fingerprint density at radius 3 is 2.69 bits per heavy atom. The molecule has 0 bridgehead atoms. The predicted octanol–water partition coefficient (Wildman–Crippen LogP) is 2.21. The van der Waals surface area contributed by atoms with Gasteiger partial charge in [0.05, 0.1) is 5.69 Å². The van der Waals surface area contributed by atoms with Crippen molar-refractivity contribution in [2.45, 2.75) is 34.2 Å². The number of nitrogens with zero attached hydrogens (tertiary/aromatic N) is 4. The summed E-state index contributed by atoms with van der Waals surface area (Å²) in [6.45, 7) is 8.94. The van der Waals surface area contributed by atoms with Gasteiger partial charge in [-0.25, -0.2) is 4.98 Å². The molecule has 5 nitrogen and oxygen atoms in total. The molecule has 0 aliphatic carbocycles. The average molecular weight is 220 g/mol. The Kier molecular flexibility index (Phi) is 2.77. The third kappa shape index (κ3) is 1.98. The molecule has 2 aromatic rings. The van der Waals surface area contributed by atoms with Gasteiger partial charge in [-0.2, -0.15) is 0 Å². The van der Waals surface area contributed by atoms with Crippen LogP contribution in [0.15, 0.2) is 10.7 Å². The van der Waals surface area contributed by atoms with Crippen molar-refractivity contribution < 1.29 is 4.42 Å². The van der Waals surface area contributed by atoms with Crippen molar-refractivity contribution in [1.82, 2.24) is 19.7 Å². The van der Waals surface area contributed by atoms with Crippen LogP contribution in [-0.4, -0.2) is 19.7 Å². The van der Waals surface area contributed by atoms with E-state index in [2.05, 4.69) is 29.0 Å². The third-order valence-corrected chi connectivity index (χ3v) is 2.28. The minimum Gasteiger partial charge on any atom is -0.437 e. The fourth-order valence-corrected chi connectivity index (χ4v) is 1.70. The summed E-state index contributed by atoms with van der Waals surface area (Å²) in [5, 5.41) is 8.02. The molecular formula is C11H16N4O. The van der Waals surface area contributed by atoms with Crippen LogP contribution < -0.4 is 0 Å². The first-order valence-electron chi connectivity index (χ1n) is 5.40. The van der Waals surface area contributed by atoms with Crippen molar-refractivity contribution in [2.24, 2.45) is 5.92 Å². The van der Waals surface area contributed by atoms with Gasteiger partial charge in [-0.15, -0.1) is 10.2 Å². The first-order valence-corrected chi connectivity index (χ1v) is 5.40. The van der Waals surface area contributed by atoms with Gasteiger partial charge in [-0.05, 0) is 12.8 Å². The molecule has 0 amide bonds. The molecule has 0 spiro atoms. The van der Waals surface area contributed by atoms with E-state index in [1.54, 1.807) is 6.33 Å². The summed E-state index contributed by atoms with van der Waals surface area (Å²) in [6, 6.07) is 0. The largest absolute Gasteiger partial charge is 0.437 e. The molecule has 16 heavy (non-hydrogen) atoms. The van der Waals surface area contributed by atoms with E-state index in [9.17, 15) is 0 Å². The van der Waals surface area contributed by atoms with Crippen LogP contribution in [0.4, 0.5) is 0 Å². The molecule has 2 heterocycles. The maximum Gasteiger partial charge on any atom is 0.201 e. The molecule has 2 aromatic heterocycles. The van der Waals surface area contributed by atoms with Crippen molar-refractivity contribution in [3.8, 4) is 11.6 Å². The summed E-state index contributed by atoms with van der Waals surface area (Å²) in [5.41, 5.74) is 0.857. The van der Waals surface area contributed by atoms with Gasteiger partial charge in [0.2, 0.25) is 5.82 Å². The fraction of sp³-hybridized carbons (Fsp3) is 0.545. The number of aryl methyl sites for hydroxylation is 2. The Morgan fingerprint density at radius 1 is 1.38 bits per heavy atom. The van der Waals surface area contributed by atoms with Crippen molar-refractivity contribution in [3.63, 3.8) is 0 Å². The van der Waals surface area contributed by atoms with Gasteiger partial charge in [0.1, 0.15) is 6.33 Å². The van der Waals surface area contributed by atoms with Crippen LogP contribution in [0.5, 0.6) is 0 Å². The molecular weight excluding hydrogens is 204 g/mol. The van der Waals surface area contributed by atoms with Crippen LogP contribution in [-0.2, 0) is 6.54 Å². The topological polar surface area (TPSA) is 56.7 Å². The van der Waals surface area contributed by atoms with Gasteiger partial charge in [0, 0.05) is 13.5 Å². The van der Waals surface area contributed by atoms with Crippen molar-refractivity contribution in [3.05, 3.63) is 17.9 Å². The lowest BCUT2D eigenvalue weighted by Crippen LogP contribution is -2.05. The standard InChI is InChI=1S/C11H16N4O/c1-7(2)5-15-6-12-14-11(15)10-8(3)13-9(4)16-10/h6-7H,5H2,1-4H3. The predicted molar refractivity (Wildman–Crippen MR) is 59.8 cm³/mol. The molecule has 0 aromatic carbocycles. The van der Waals surface area contributed by atoms with Gasteiger partial charge in [0.15, 0.2) is 11.7 Å². The van der Waals surface area contributed by atoms with E-state index in [-0.39, 0.29) is 0 Å². The normalized spacial score (nSPS) is 11.3. The fourth-order valence-electron chi connectivity index (χ4n) is 1.70. The van der Waals surface area contributed by atoms with Crippen LogP contribution in [0.2, 0.25) is 0 Å².